The van der Waals surface area contributed by atoms with Gasteiger partial charge in [-0.2, -0.15) is 0 Å². The third-order valence-electron chi connectivity index (χ3n) is 5.35. The van der Waals surface area contributed by atoms with Gasteiger partial charge in [0.1, 0.15) is 16.2 Å². The van der Waals surface area contributed by atoms with Crippen LogP contribution < -0.4 is 0 Å². The fraction of sp³-hybridized carbons (Fsp3) is 0.632. The van der Waals surface area contributed by atoms with Crippen molar-refractivity contribution in [2.45, 2.75) is 56.9 Å². The first-order valence-electron chi connectivity index (χ1n) is 9.38. The van der Waals surface area contributed by atoms with E-state index in [4.69, 9.17) is 0 Å². The van der Waals surface area contributed by atoms with Gasteiger partial charge in [-0.05, 0) is 43.6 Å². The highest BCUT2D eigenvalue weighted by Crippen LogP contribution is 2.40. The van der Waals surface area contributed by atoms with Crippen molar-refractivity contribution in [1.82, 2.24) is 14.9 Å². The first kappa shape index (κ1) is 17.3. The van der Waals surface area contributed by atoms with Crippen molar-refractivity contribution in [2.75, 3.05) is 18.8 Å². The van der Waals surface area contributed by atoms with Crippen molar-refractivity contribution in [3.8, 4) is 0 Å². The summed E-state index contributed by atoms with van der Waals surface area (Å²) in [6, 6.07) is 0. The van der Waals surface area contributed by atoms with E-state index in [2.05, 4.69) is 16.9 Å². The maximum atomic E-state index is 12.6. The molecule has 0 radical (unpaired) electrons. The van der Waals surface area contributed by atoms with E-state index in [1.54, 1.807) is 18.1 Å². The summed E-state index contributed by atoms with van der Waals surface area (Å²) in [5.74, 6) is 1.51. The molecule has 0 aromatic carbocycles. The molecule has 4 nitrogen and oxygen atoms in total. The Kier molecular flexibility index (Phi) is 5.27. The minimum absolute atomic E-state index is 0.261. The number of fused-ring (bicyclic) bond motifs is 3. The Labute approximate surface area is 157 Å². The highest BCUT2D eigenvalue weighted by atomic mass is 32.2. The normalized spacial score (nSPS) is 21.2. The molecular weight excluding hydrogens is 350 g/mol. The van der Waals surface area contributed by atoms with E-state index in [1.807, 2.05) is 16.2 Å². The minimum Gasteiger partial charge on any atom is -0.342 e. The van der Waals surface area contributed by atoms with Crippen LogP contribution in [0.2, 0.25) is 0 Å². The van der Waals surface area contributed by atoms with Gasteiger partial charge < -0.3 is 4.90 Å². The van der Waals surface area contributed by atoms with Gasteiger partial charge in [-0.3, -0.25) is 4.79 Å². The van der Waals surface area contributed by atoms with Crippen LogP contribution in [0.25, 0.3) is 10.2 Å². The highest BCUT2D eigenvalue weighted by molar-refractivity contribution is 8.00. The largest absolute Gasteiger partial charge is 0.342 e. The molecule has 0 unspecified atom stereocenters. The van der Waals surface area contributed by atoms with Gasteiger partial charge >= 0.3 is 0 Å². The molecule has 4 rings (SSSR count). The number of carbonyl (C=O) groups excluding carboxylic acids is 1. The number of rotatable bonds is 3. The Balaban J connectivity index is 1.52. The van der Waals surface area contributed by atoms with Crippen LogP contribution in [0.5, 0.6) is 0 Å². The number of likely N-dealkylation sites (tertiary alicyclic amines) is 1. The molecule has 1 amide bonds. The lowest BCUT2D eigenvalue weighted by Gasteiger charge is -2.20. The first-order chi connectivity index (χ1) is 12.2. The molecule has 0 N–H and O–H groups in total. The fourth-order valence-corrected chi connectivity index (χ4v) is 6.24. The smallest absolute Gasteiger partial charge is 0.232 e. The van der Waals surface area contributed by atoms with E-state index >= 15 is 0 Å². The predicted octanol–water partition coefficient (Wildman–Crippen LogP) is 4.31. The number of aromatic nitrogens is 2. The van der Waals surface area contributed by atoms with Crippen molar-refractivity contribution in [2.24, 2.45) is 5.92 Å². The van der Waals surface area contributed by atoms with E-state index in [0.29, 0.717) is 5.75 Å². The summed E-state index contributed by atoms with van der Waals surface area (Å²) in [5, 5.41) is 2.23. The zero-order valence-electron chi connectivity index (χ0n) is 14.8. The number of thiophene rings is 1. The lowest BCUT2D eigenvalue weighted by molar-refractivity contribution is -0.128. The molecule has 1 fully saturated rings. The molecule has 2 aromatic heterocycles. The van der Waals surface area contributed by atoms with Gasteiger partial charge in [0.2, 0.25) is 5.91 Å². The summed E-state index contributed by atoms with van der Waals surface area (Å²) in [6.45, 7) is 4.17. The van der Waals surface area contributed by atoms with Crippen LogP contribution in [-0.4, -0.2) is 39.6 Å². The zero-order chi connectivity index (χ0) is 17.2. The molecule has 1 atom stereocenters. The molecule has 1 aliphatic carbocycles. The second kappa shape index (κ2) is 7.62. The van der Waals surface area contributed by atoms with Gasteiger partial charge in [-0.1, -0.05) is 31.5 Å². The topological polar surface area (TPSA) is 46.1 Å². The monoisotopic (exact) mass is 375 g/mol. The molecule has 0 saturated carbocycles. The lowest BCUT2D eigenvalue weighted by Crippen LogP contribution is -2.33. The molecule has 1 aliphatic heterocycles. The van der Waals surface area contributed by atoms with Crippen molar-refractivity contribution in [3.05, 3.63) is 16.8 Å². The van der Waals surface area contributed by atoms with E-state index in [1.165, 1.54) is 35.1 Å². The van der Waals surface area contributed by atoms with Gasteiger partial charge in [0.05, 0.1) is 5.75 Å². The molecule has 0 spiro atoms. The quantitative estimate of drug-likeness (QED) is 0.592. The van der Waals surface area contributed by atoms with E-state index in [-0.39, 0.29) is 5.91 Å². The maximum absolute atomic E-state index is 12.6. The average Bonchev–Trinajstić information content (AvgIpc) is 2.79. The van der Waals surface area contributed by atoms with E-state index in [0.717, 1.165) is 54.5 Å². The van der Waals surface area contributed by atoms with Crippen LogP contribution in [0.3, 0.4) is 0 Å². The van der Waals surface area contributed by atoms with Gasteiger partial charge in [0, 0.05) is 23.4 Å². The first-order valence-corrected chi connectivity index (χ1v) is 11.2. The predicted molar refractivity (Wildman–Crippen MR) is 104 cm³/mol. The third kappa shape index (κ3) is 3.70. The molecule has 1 saturated heterocycles. The Bertz CT molecular complexity index is 765. The van der Waals surface area contributed by atoms with Crippen molar-refractivity contribution >= 4 is 39.2 Å². The standard InChI is InChI=1S/C19H25N3OS2/c1-13-6-7-14-15(10-13)25-19-17(14)18(20-12-21-19)24-11-16(23)22-8-4-2-3-5-9-22/h12-13H,2-11H2,1H3/t13-/m0/s1. The van der Waals surface area contributed by atoms with Crippen LogP contribution in [-0.2, 0) is 17.6 Å². The summed E-state index contributed by atoms with van der Waals surface area (Å²) in [5.41, 5.74) is 1.45. The number of hydrogen-bond acceptors (Lipinski definition) is 5. The van der Waals surface area contributed by atoms with E-state index < -0.39 is 0 Å². The van der Waals surface area contributed by atoms with Crippen molar-refractivity contribution in [3.63, 3.8) is 0 Å². The van der Waals surface area contributed by atoms with Crippen molar-refractivity contribution in [1.29, 1.82) is 0 Å². The summed E-state index contributed by atoms with van der Waals surface area (Å²) >= 11 is 3.42. The molecular formula is C19H25N3OS2. The number of thioether (sulfide) groups is 1. The van der Waals surface area contributed by atoms with Gasteiger partial charge in [-0.15, -0.1) is 11.3 Å². The van der Waals surface area contributed by atoms with Crippen LogP contribution in [0.15, 0.2) is 11.4 Å². The minimum atomic E-state index is 0.261. The van der Waals surface area contributed by atoms with Crippen LogP contribution in [0, 0.1) is 5.92 Å². The number of aryl methyl sites for hydroxylation is 1. The lowest BCUT2D eigenvalue weighted by atomic mass is 9.89. The molecule has 2 aliphatic rings. The average molecular weight is 376 g/mol. The number of carbonyl (C=O) groups is 1. The number of amides is 1. The molecule has 0 bridgehead atoms. The SMILES string of the molecule is C[C@H]1CCc2c(sc3ncnc(SCC(=O)N4CCCCCC4)c23)C1. The van der Waals surface area contributed by atoms with Gasteiger partial charge in [0.15, 0.2) is 0 Å². The molecule has 3 heterocycles. The number of nitrogens with zero attached hydrogens (tertiary/aromatic N) is 3. The molecule has 134 valence electrons. The van der Waals surface area contributed by atoms with Gasteiger partial charge in [0.25, 0.3) is 0 Å². The summed E-state index contributed by atoms with van der Waals surface area (Å²) < 4.78 is 0. The Morgan fingerprint density at radius 2 is 2.08 bits per heavy atom. The van der Waals surface area contributed by atoms with Crippen molar-refractivity contribution < 1.29 is 4.79 Å². The maximum Gasteiger partial charge on any atom is 0.232 e. The molecule has 2 aromatic rings. The molecule has 6 heteroatoms. The van der Waals surface area contributed by atoms with Crippen LogP contribution in [0.1, 0.15) is 49.5 Å². The Morgan fingerprint density at radius 3 is 2.88 bits per heavy atom. The molecule has 25 heavy (non-hydrogen) atoms. The highest BCUT2D eigenvalue weighted by Gasteiger charge is 2.24. The number of hydrogen-bond donors (Lipinski definition) is 0. The van der Waals surface area contributed by atoms with E-state index in [9.17, 15) is 4.79 Å². The summed E-state index contributed by atoms with van der Waals surface area (Å²) in [7, 11) is 0. The Hall–Kier alpha value is -1.14. The second-order valence-electron chi connectivity index (χ2n) is 7.29. The van der Waals surface area contributed by atoms with Gasteiger partial charge in [-0.25, -0.2) is 9.97 Å². The summed E-state index contributed by atoms with van der Waals surface area (Å²) in [4.78, 5) is 26.2. The third-order valence-corrected chi connectivity index (χ3v) is 7.48. The summed E-state index contributed by atoms with van der Waals surface area (Å²) in [6.07, 6.45) is 9.97. The Morgan fingerprint density at radius 1 is 1.28 bits per heavy atom. The fourth-order valence-electron chi connectivity index (χ4n) is 3.90. The zero-order valence-corrected chi connectivity index (χ0v) is 16.4. The van der Waals surface area contributed by atoms with Crippen LogP contribution >= 0.6 is 23.1 Å². The van der Waals surface area contributed by atoms with Crippen LogP contribution in [0.4, 0.5) is 0 Å². The second-order valence-corrected chi connectivity index (χ2v) is 9.34.